The Morgan fingerprint density at radius 2 is 1.85 bits per heavy atom. The SMILES string of the molecule is CCN(CC)Sc1ccc2nnc(NC(C)c3ccc(OC)cc3)n2c1. The van der Waals surface area contributed by atoms with Gasteiger partial charge in [-0.05, 0) is 48.7 Å². The molecular formula is C19H25N5OS. The maximum Gasteiger partial charge on any atom is 0.229 e. The van der Waals surface area contributed by atoms with E-state index in [1.807, 2.05) is 22.6 Å². The van der Waals surface area contributed by atoms with E-state index < -0.39 is 0 Å². The third kappa shape index (κ3) is 4.11. The highest BCUT2D eigenvalue weighted by atomic mass is 32.2. The zero-order valence-electron chi connectivity index (χ0n) is 15.6. The monoisotopic (exact) mass is 371 g/mol. The van der Waals surface area contributed by atoms with Gasteiger partial charge in [-0.2, -0.15) is 0 Å². The molecule has 0 aliphatic heterocycles. The molecule has 2 aromatic heterocycles. The summed E-state index contributed by atoms with van der Waals surface area (Å²) in [6, 6.07) is 12.2. The number of nitrogens with zero attached hydrogens (tertiary/aromatic N) is 4. The fraction of sp³-hybridized carbons (Fsp3) is 0.368. The summed E-state index contributed by atoms with van der Waals surface area (Å²) in [5.74, 6) is 1.59. The summed E-state index contributed by atoms with van der Waals surface area (Å²) in [5.41, 5.74) is 1.99. The Kier molecular flexibility index (Phi) is 6.00. The molecule has 0 bridgehead atoms. The van der Waals surface area contributed by atoms with Crippen molar-refractivity contribution in [1.29, 1.82) is 0 Å². The molecule has 1 aromatic carbocycles. The topological polar surface area (TPSA) is 54.7 Å². The maximum atomic E-state index is 5.22. The highest BCUT2D eigenvalue weighted by molar-refractivity contribution is 7.97. The van der Waals surface area contributed by atoms with Crippen LogP contribution in [0.3, 0.4) is 0 Å². The number of methoxy groups -OCH3 is 1. The zero-order valence-corrected chi connectivity index (χ0v) is 16.5. The number of anilines is 1. The molecule has 0 saturated heterocycles. The molecule has 2 heterocycles. The Labute approximate surface area is 158 Å². The van der Waals surface area contributed by atoms with E-state index in [0.29, 0.717) is 0 Å². The first-order valence-electron chi connectivity index (χ1n) is 8.82. The van der Waals surface area contributed by atoms with Crippen molar-refractivity contribution >= 4 is 23.5 Å². The Morgan fingerprint density at radius 3 is 2.50 bits per heavy atom. The fourth-order valence-corrected chi connectivity index (χ4v) is 3.53. The molecule has 6 nitrogen and oxygen atoms in total. The molecule has 0 aliphatic rings. The minimum absolute atomic E-state index is 0.104. The van der Waals surface area contributed by atoms with Gasteiger partial charge in [-0.1, -0.05) is 26.0 Å². The molecule has 0 saturated carbocycles. The number of nitrogens with one attached hydrogen (secondary N) is 1. The lowest BCUT2D eigenvalue weighted by molar-refractivity contribution is 0.414. The van der Waals surface area contributed by atoms with Gasteiger partial charge >= 0.3 is 0 Å². The summed E-state index contributed by atoms with van der Waals surface area (Å²) in [4.78, 5) is 1.17. The molecule has 138 valence electrons. The Balaban J connectivity index is 1.80. The molecule has 0 radical (unpaired) electrons. The van der Waals surface area contributed by atoms with E-state index in [0.717, 1.165) is 36.0 Å². The summed E-state index contributed by atoms with van der Waals surface area (Å²) in [5, 5.41) is 12.0. The van der Waals surface area contributed by atoms with Gasteiger partial charge in [-0.15, -0.1) is 10.2 Å². The van der Waals surface area contributed by atoms with Crippen LogP contribution in [0.15, 0.2) is 47.5 Å². The third-order valence-electron chi connectivity index (χ3n) is 4.28. The van der Waals surface area contributed by atoms with Gasteiger partial charge < -0.3 is 10.1 Å². The number of ether oxygens (including phenoxy) is 1. The van der Waals surface area contributed by atoms with Crippen molar-refractivity contribution in [1.82, 2.24) is 18.9 Å². The molecule has 0 amide bonds. The molecule has 0 fully saturated rings. The van der Waals surface area contributed by atoms with E-state index in [4.69, 9.17) is 4.74 Å². The van der Waals surface area contributed by atoms with Crippen LogP contribution in [0.1, 0.15) is 32.4 Å². The summed E-state index contributed by atoms with van der Waals surface area (Å²) in [6.07, 6.45) is 2.08. The van der Waals surface area contributed by atoms with Gasteiger partial charge in [-0.25, -0.2) is 4.31 Å². The van der Waals surface area contributed by atoms with Gasteiger partial charge in [0.25, 0.3) is 0 Å². The predicted octanol–water partition coefficient (Wildman–Crippen LogP) is 4.26. The van der Waals surface area contributed by atoms with Crippen molar-refractivity contribution in [2.45, 2.75) is 31.7 Å². The van der Waals surface area contributed by atoms with Crippen molar-refractivity contribution in [2.75, 3.05) is 25.5 Å². The van der Waals surface area contributed by atoms with E-state index in [1.54, 1.807) is 19.1 Å². The second-order valence-electron chi connectivity index (χ2n) is 5.96. The second-order valence-corrected chi connectivity index (χ2v) is 7.13. The third-order valence-corrected chi connectivity index (χ3v) is 5.50. The minimum atomic E-state index is 0.104. The van der Waals surface area contributed by atoms with Crippen LogP contribution in [-0.2, 0) is 0 Å². The first kappa shape index (κ1) is 18.5. The van der Waals surface area contributed by atoms with Gasteiger partial charge in [0.05, 0.1) is 13.2 Å². The number of aromatic nitrogens is 3. The normalized spacial score (nSPS) is 12.5. The lowest BCUT2D eigenvalue weighted by atomic mass is 10.1. The molecule has 1 unspecified atom stereocenters. The van der Waals surface area contributed by atoms with Crippen molar-refractivity contribution < 1.29 is 4.74 Å². The van der Waals surface area contributed by atoms with Gasteiger partial charge in [-0.3, -0.25) is 4.40 Å². The quantitative estimate of drug-likeness (QED) is 0.597. The molecule has 3 aromatic rings. The Morgan fingerprint density at radius 1 is 1.12 bits per heavy atom. The van der Waals surface area contributed by atoms with E-state index in [9.17, 15) is 0 Å². The summed E-state index contributed by atoms with van der Waals surface area (Å²) in [6.45, 7) is 8.44. The molecular weight excluding hydrogens is 346 g/mol. The van der Waals surface area contributed by atoms with Crippen molar-refractivity contribution in [3.63, 3.8) is 0 Å². The van der Waals surface area contributed by atoms with Crippen LogP contribution in [0, 0.1) is 0 Å². The largest absolute Gasteiger partial charge is 0.497 e. The lowest BCUT2D eigenvalue weighted by Gasteiger charge is -2.17. The van der Waals surface area contributed by atoms with Crippen LogP contribution in [0.5, 0.6) is 5.75 Å². The van der Waals surface area contributed by atoms with Gasteiger partial charge in [0.2, 0.25) is 5.95 Å². The Hall–Kier alpha value is -2.25. The van der Waals surface area contributed by atoms with Crippen molar-refractivity contribution in [3.8, 4) is 5.75 Å². The van der Waals surface area contributed by atoms with Crippen LogP contribution >= 0.6 is 11.9 Å². The van der Waals surface area contributed by atoms with E-state index >= 15 is 0 Å². The molecule has 1 atom stereocenters. The number of hydrogen-bond donors (Lipinski definition) is 1. The van der Waals surface area contributed by atoms with Gasteiger partial charge in [0, 0.05) is 24.2 Å². The number of fused-ring (bicyclic) bond motifs is 1. The van der Waals surface area contributed by atoms with Crippen LogP contribution in [0.2, 0.25) is 0 Å². The van der Waals surface area contributed by atoms with Crippen molar-refractivity contribution in [3.05, 3.63) is 48.2 Å². The highest BCUT2D eigenvalue weighted by Gasteiger charge is 2.12. The van der Waals surface area contributed by atoms with Crippen LogP contribution in [0.4, 0.5) is 5.95 Å². The van der Waals surface area contributed by atoms with Crippen LogP contribution < -0.4 is 10.1 Å². The van der Waals surface area contributed by atoms with Crippen molar-refractivity contribution in [2.24, 2.45) is 0 Å². The first-order valence-corrected chi connectivity index (χ1v) is 9.60. The number of pyridine rings is 1. The number of hydrogen-bond acceptors (Lipinski definition) is 6. The second kappa shape index (κ2) is 8.42. The smallest absolute Gasteiger partial charge is 0.229 e. The average Bonchev–Trinajstić information content (AvgIpc) is 3.08. The number of rotatable bonds is 8. The van der Waals surface area contributed by atoms with Crippen LogP contribution in [-0.4, -0.2) is 39.1 Å². The molecule has 7 heteroatoms. The standard InChI is InChI=1S/C19H25N5OS/c1-5-23(6-2)26-17-11-12-18-21-22-19(24(18)13-17)20-14(3)15-7-9-16(25-4)10-8-15/h7-14H,5-6H2,1-4H3,(H,20,22). The number of benzene rings is 1. The predicted molar refractivity (Wildman–Crippen MR) is 107 cm³/mol. The van der Waals surface area contributed by atoms with Gasteiger partial charge in [0.1, 0.15) is 5.75 Å². The molecule has 26 heavy (non-hydrogen) atoms. The Bertz CT molecular complexity index is 845. The first-order chi connectivity index (χ1) is 12.6. The van der Waals surface area contributed by atoms with Crippen LogP contribution in [0.25, 0.3) is 5.65 Å². The van der Waals surface area contributed by atoms with E-state index in [1.165, 1.54) is 4.90 Å². The zero-order chi connectivity index (χ0) is 18.5. The molecule has 1 N–H and O–H groups in total. The molecule has 0 aliphatic carbocycles. The summed E-state index contributed by atoms with van der Waals surface area (Å²) < 4.78 is 9.53. The maximum absolute atomic E-state index is 5.22. The fourth-order valence-electron chi connectivity index (χ4n) is 2.70. The average molecular weight is 372 g/mol. The van der Waals surface area contributed by atoms with Gasteiger partial charge in [0.15, 0.2) is 5.65 Å². The summed E-state index contributed by atoms with van der Waals surface area (Å²) >= 11 is 1.75. The molecule has 0 spiro atoms. The minimum Gasteiger partial charge on any atom is -0.497 e. The molecule has 3 rings (SSSR count). The van der Waals surface area contributed by atoms with E-state index in [2.05, 4.69) is 65.0 Å². The summed E-state index contributed by atoms with van der Waals surface area (Å²) in [7, 11) is 1.67. The van der Waals surface area contributed by atoms with E-state index in [-0.39, 0.29) is 6.04 Å². The highest BCUT2D eigenvalue weighted by Crippen LogP contribution is 2.25. The lowest BCUT2D eigenvalue weighted by Crippen LogP contribution is -2.13.